The molecule has 1 fully saturated rings. The summed E-state index contributed by atoms with van der Waals surface area (Å²) in [5.74, 6) is 0. The molecule has 0 bridgehead atoms. The van der Waals surface area contributed by atoms with Crippen LogP contribution in [0.25, 0.3) is 0 Å². The molecule has 1 heterocycles. The van der Waals surface area contributed by atoms with Crippen molar-refractivity contribution in [2.24, 2.45) is 0 Å². The summed E-state index contributed by atoms with van der Waals surface area (Å²) in [6.07, 6.45) is 2.71. The van der Waals surface area contributed by atoms with E-state index in [1.54, 1.807) is 22.5 Å². The van der Waals surface area contributed by atoms with Gasteiger partial charge in [-0.2, -0.15) is 4.31 Å². The van der Waals surface area contributed by atoms with Gasteiger partial charge < -0.3 is 5.32 Å². The summed E-state index contributed by atoms with van der Waals surface area (Å²) in [7, 11) is -1.65. The Kier molecular flexibility index (Phi) is 5.30. The number of rotatable bonds is 5. The first-order valence-electron chi connectivity index (χ1n) is 7.38. The molecule has 4 nitrogen and oxygen atoms in total. The van der Waals surface area contributed by atoms with E-state index in [0.29, 0.717) is 16.5 Å². The number of hydrogen-bond acceptors (Lipinski definition) is 3. The normalized spacial score (nSPS) is 23.6. The van der Waals surface area contributed by atoms with E-state index in [4.69, 9.17) is 11.6 Å². The summed E-state index contributed by atoms with van der Waals surface area (Å²) in [5.41, 5.74) is 0.806. The molecule has 1 N–H and O–H groups in total. The topological polar surface area (TPSA) is 49.4 Å². The molecule has 1 aliphatic rings. The Bertz CT molecular complexity index is 604. The van der Waals surface area contributed by atoms with Crippen molar-refractivity contribution < 1.29 is 8.42 Å². The van der Waals surface area contributed by atoms with Crippen LogP contribution in [0.1, 0.15) is 38.7 Å². The minimum atomic E-state index is -3.46. The SMILES string of the molecule is CCC1CCC(C)N1S(=O)(=O)c1ccc(Cl)c(CNC)c1. The third-order valence-electron chi connectivity index (χ3n) is 4.14. The molecule has 0 amide bonds. The first-order chi connectivity index (χ1) is 9.91. The number of nitrogens with one attached hydrogen (secondary N) is 1. The standard InChI is InChI=1S/C15H23ClN2O2S/c1-4-13-6-5-11(2)18(13)21(19,20)14-7-8-15(16)12(9-14)10-17-3/h7-9,11,13,17H,4-6,10H2,1-3H3. The molecule has 1 aromatic carbocycles. The van der Waals surface area contributed by atoms with Crippen molar-refractivity contribution in [2.45, 2.75) is 56.6 Å². The Labute approximate surface area is 132 Å². The molecule has 118 valence electrons. The average Bonchev–Trinajstić information content (AvgIpc) is 2.83. The highest BCUT2D eigenvalue weighted by molar-refractivity contribution is 7.89. The lowest BCUT2D eigenvalue weighted by Gasteiger charge is -2.27. The molecular formula is C15H23ClN2O2S. The summed E-state index contributed by atoms with van der Waals surface area (Å²) < 4.78 is 27.6. The van der Waals surface area contributed by atoms with Crippen molar-refractivity contribution in [1.82, 2.24) is 9.62 Å². The van der Waals surface area contributed by atoms with Gasteiger partial charge in [-0.1, -0.05) is 18.5 Å². The lowest BCUT2D eigenvalue weighted by Crippen LogP contribution is -2.39. The van der Waals surface area contributed by atoms with Crippen LogP contribution in [0.4, 0.5) is 0 Å². The monoisotopic (exact) mass is 330 g/mol. The quantitative estimate of drug-likeness (QED) is 0.902. The zero-order chi connectivity index (χ0) is 15.6. The number of nitrogens with zero attached hydrogens (tertiary/aromatic N) is 1. The molecule has 2 rings (SSSR count). The van der Waals surface area contributed by atoms with Gasteiger partial charge in [-0.3, -0.25) is 0 Å². The Morgan fingerprint density at radius 3 is 2.71 bits per heavy atom. The summed E-state index contributed by atoms with van der Waals surface area (Å²) in [5, 5.41) is 3.60. The van der Waals surface area contributed by atoms with Gasteiger partial charge in [-0.05, 0) is 57.0 Å². The molecule has 1 aliphatic heterocycles. The Morgan fingerprint density at radius 1 is 1.38 bits per heavy atom. The maximum absolute atomic E-state index is 12.9. The van der Waals surface area contributed by atoms with E-state index in [1.165, 1.54) is 0 Å². The van der Waals surface area contributed by atoms with E-state index < -0.39 is 10.0 Å². The fourth-order valence-electron chi connectivity index (χ4n) is 3.02. The summed E-state index contributed by atoms with van der Waals surface area (Å²) >= 11 is 6.12. The van der Waals surface area contributed by atoms with E-state index >= 15 is 0 Å². The molecule has 21 heavy (non-hydrogen) atoms. The smallest absolute Gasteiger partial charge is 0.243 e. The van der Waals surface area contributed by atoms with E-state index in [1.807, 2.05) is 20.9 Å². The van der Waals surface area contributed by atoms with Crippen LogP contribution in [-0.4, -0.2) is 31.9 Å². The average molecular weight is 331 g/mol. The van der Waals surface area contributed by atoms with Crippen LogP contribution in [0.15, 0.2) is 23.1 Å². The van der Waals surface area contributed by atoms with Crippen molar-refractivity contribution in [2.75, 3.05) is 7.05 Å². The van der Waals surface area contributed by atoms with Gasteiger partial charge in [0.05, 0.1) is 4.90 Å². The predicted octanol–water partition coefficient (Wildman–Crippen LogP) is 3.01. The van der Waals surface area contributed by atoms with Crippen LogP contribution in [0.2, 0.25) is 5.02 Å². The highest BCUT2D eigenvalue weighted by atomic mass is 35.5. The number of sulfonamides is 1. The van der Waals surface area contributed by atoms with Crippen molar-refractivity contribution >= 4 is 21.6 Å². The molecule has 0 radical (unpaired) electrons. The molecule has 6 heteroatoms. The number of halogens is 1. The van der Waals surface area contributed by atoms with Crippen molar-refractivity contribution in [3.63, 3.8) is 0 Å². The second kappa shape index (κ2) is 6.65. The highest BCUT2D eigenvalue weighted by Gasteiger charge is 2.39. The fourth-order valence-corrected chi connectivity index (χ4v) is 5.21. The van der Waals surface area contributed by atoms with E-state index in [-0.39, 0.29) is 12.1 Å². The van der Waals surface area contributed by atoms with Gasteiger partial charge in [0.1, 0.15) is 0 Å². The van der Waals surface area contributed by atoms with E-state index in [2.05, 4.69) is 5.32 Å². The van der Waals surface area contributed by atoms with Gasteiger partial charge in [0.25, 0.3) is 0 Å². The third-order valence-corrected chi connectivity index (χ3v) is 6.57. The molecule has 0 aliphatic carbocycles. The summed E-state index contributed by atoms with van der Waals surface area (Å²) in [4.78, 5) is 0.337. The summed E-state index contributed by atoms with van der Waals surface area (Å²) in [6, 6.07) is 5.13. The van der Waals surface area contributed by atoms with Gasteiger partial charge in [-0.15, -0.1) is 0 Å². The minimum absolute atomic E-state index is 0.0587. The molecule has 0 aromatic heterocycles. The van der Waals surface area contributed by atoms with Crippen LogP contribution < -0.4 is 5.32 Å². The van der Waals surface area contributed by atoms with Crippen LogP contribution in [0.3, 0.4) is 0 Å². The Balaban J connectivity index is 2.41. The van der Waals surface area contributed by atoms with Gasteiger partial charge in [0, 0.05) is 23.7 Å². The zero-order valence-electron chi connectivity index (χ0n) is 12.8. The third kappa shape index (κ3) is 3.26. The van der Waals surface area contributed by atoms with Gasteiger partial charge in [0.15, 0.2) is 0 Å². The maximum atomic E-state index is 12.9. The second-order valence-electron chi connectivity index (χ2n) is 5.61. The molecule has 0 spiro atoms. The van der Waals surface area contributed by atoms with Gasteiger partial charge >= 0.3 is 0 Å². The molecule has 1 saturated heterocycles. The number of benzene rings is 1. The minimum Gasteiger partial charge on any atom is -0.316 e. The molecule has 2 atom stereocenters. The van der Waals surface area contributed by atoms with E-state index in [9.17, 15) is 8.42 Å². The Morgan fingerprint density at radius 2 is 2.10 bits per heavy atom. The predicted molar refractivity (Wildman–Crippen MR) is 86.0 cm³/mol. The van der Waals surface area contributed by atoms with Crippen molar-refractivity contribution in [3.05, 3.63) is 28.8 Å². The lowest BCUT2D eigenvalue weighted by atomic mass is 10.2. The van der Waals surface area contributed by atoms with Crippen molar-refractivity contribution in [3.8, 4) is 0 Å². The van der Waals surface area contributed by atoms with Gasteiger partial charge in [-0.25, -0.2) is 8.42 Å². The first-order valence-corrected chi connectivity index (χ1v) is 9.20. The molecule has 2 unspecified atom stereocenters. The second-order valence-corrected chi connectivity index (χ2v) is 7.86. The highest BCUT2D eigenvalue weighted by Crippen LogP contribution is 2.33. The maximum Gasteiger partial charge on any atom is 0.243 e. The van der Waals surface area contributed by atoms with Crippen molar-refractivity contribution in [1.29, 1.82) is 0 Å². The van der Waals surface area contributed by atoms with Gasteiger partial charge in [0.2, 0.25) is 10.0 Å². The van der Waals surface area contributed by atoms with Crippen LogP contribution in [0.5, 0.6) is 0 Å². The van der Waals surface area contributed by atoms with E-state index in [0.717, 1.165) is 24.8 Å². The van der Waals surface area contributed by atoms with Crippen LogP contribution in [-0.2, 0) is 16.6 Å². The molecule has 1 aromatic rings. The summed E-state index contributed by atoms with van der Waals surface area (Å²) in [6.45, 7) is 4.58. The fraction of sp³-hybridized carbons (Fsp3) is 0.600. The molecule has 0 saturated carbocycles. The largest absolute Gasteiger partial charge is 0.316 e. The lowest BCUT2D eigenvalue weighted by molar-refractivity contribution is 0.328. The van der Waals surface area contributed by atoms with Crippen LogP contribution in [0, 0.1) is 0 Å². The first kappa shape index (κ1) is 16.7. The zero-order valence-corrected chi connectivity index (χ0v) is 14.3. The number of hydrogen-bond donors (Lipinski definition) is 1. The van der Waals surface area contributed by atoms with Crippen LogP contribution >= 0.6 is 11.6 Å². The Hall–Kier alpha value is -0.620. The molecular weight excluding hydrogens is 308 g/mol.